The van der Waals surface area contributed by atoms with Crippen molar-refractivity contribution < 1.29 is 15.0 Å². The summed E-state index contributed by atoms with van der Waals surface area (Å²) in [6.45, 7) is 5.82. The lowest BCUT2D eigenvalue weighted by Gasteiger charge is -2.20. The van der Waals surface area contributed by atoms with Crippen molar-refractivity contribution in [2.75, 3.05) is 19.3 Å². The summed E-state index contributed by atoms with van der Waals surface area (Å²) >= 11 is 1.13. The van der Waals surface area contributed by atoms with Gasteiger partial charge in [-0.2, -0.15) is 0 Å². The zero-order valence-electron chi connectivity index (χ0n) is 12.8. The Labute approximate surface area is 129 Å². The van der Waals surface area contributed by atoms with Gasteiger partial charge in [0.05, 0.1) is 5.75 Å². The fourth-order valence-electron chi connectivity index (χ4n) is 1.78. The SMILES string of the molecule is CC(C)N(C)CCCCn1c(CO)nnc1SCC(=O)O. The Balaban J connectivity index is 2.52. The molecule has 0 unspecified atom stereocenters. The number of aromatic nitrogens is 3. The monoisotopic (exact) mass is 316 g/mol. The molecule has 0 aliphatic carbocycles. The number of carbonyl (C=O) groups is 1. The molecule has 0 aliphatic rings. The van der Waals surface area contributed by atoms with Crippen LogP contribution in [0.1, 0.15) is 32.5 Å². The number of carboxylic acid groups (broad SMARTS) is 1. The Morgan fingerprint density at radius 3 is 2.67 bits per heavy atom. The Morgan fingerprint density at radius 1 is 1.38 bits per heavy atom. The third-order valence-corrected chi connectivity index (χ3v) is 4.24. The summed E-state index contributed by atoms with van der Waals surface area (Å²) in [4.78, 5) is 12.9. The van der Waals surface area contributed by atoms with Crippen LogP contribution in [0, 0.1) is 0 Å². The van der Waals surface area contributed by atoms with Crippen molar-refractivity contribution in [2.45, 2.75) is 51.0 Å². The summed E-state index contributed by atoms with van der Waals surface area (Å²) in [6.07, 6.45) is 1.96. The van der Waals surface area contributed by atoms with E-state index in [1.807, 2.05) is 4.57 Å². The zero-order valence-corrected chi connectivity index (χ0v) is 13.6. The predicted octanol–water partition coefficient (Wildman–Crippen LogP) is 1.07. The number of thioether (sulfide) groups is 1. The molecule has 0 atom stereocenters. The van der Waals surface area contributed by atoms with Gasteiger partial charge in [0.25, 0.3) is 0 Å². The Hall–Kier alpha value is -1.12. The quantitative estimate of drug-likeness (QED) is 0.493. The minimum atomic E-state index is -0.890. The van der Waals surface area contributed by atoms with E-state index in [0.29, 0.717) is 23.6 Å². The number of hydrogen-bond acceptors (Lipinski definition) is 6. The van der Waals surface area contributed by atoms with Crippen molar-refractivity contribution in [1.29, 1.82) is 0 Å². The van der Waals surface area contributed by atoms with Crippen molar-refractivity contribution in [2.24, 2.45) is 0 Å². The average molecular weight is 316 g/mol. The molecule has 1 heterocycles. The maximum atomic E-state index is 10.6. The first-order chi connectivity index (χ1) is 9.95. The zero-order chi connectivity index (χ0) is 15.8. The van der Waals surface area contributed by atoms with Crippen LogP contribution < -0.4 is 0 Å². The van der Waals surface area contributed by atoms with Gasteiger partial charge in [0, 0.05) is 12.6 Å². The lowest BCUT2D eigenvalue weighted by Crippen LogP contribution is -2.27. The Kier molecular flexibility index (Phi) is 7.69. The molecule has 0 aliphatic heterocycles. The van der Waals surface area contributed by atoms with E-state index in [2.05, 4.69) is 36.0 Å². The fourth-order valence-corrected chi connectivity index (χ4v) is 2.49. The first-order valence-corrected chi connectivity index (χ1v) is 8.02. The van der Waals surface area contributed by atoms with Crippen LogP contribution in [0.5, 0.6) is 0 Å². The van der Waals surface area contributed by atoms with Gasteiger partial charge in [0.2, 0.25) is 0 Å². The maximum Gasteiger partial charge on any atom is 0.313 e. The second kappa shape index (κ2) is 9.01. The second-order valence-corrected chi connectivity index (χ2v) is 6.11. The molecule has 1 aromatic heterocycles. The minimum Gasteiger partial charge on any atom is -0.481 e. The third kappa shape index (κ3) is 6.03. The molecule has 1 aromatic rings. The molecule has 21 heavy (non-hydrogen) atoms. The second-order valence-electron chi connectivity index (χ2n) is 5.17. The molecule has 0 saturated heterocycles. The van der Waals surface area contributed by atoms with E-state index in [9.17, 15) is 9.90 Å². The van der Waals surface area contributed by atoms with Gasteiger partial charge in [-0.15, -0.1) is 10.2 Å². The van der Waals surface area contributed by atoms with Crippen molar-refractivity contribution in [3.8, 4) is 0 Å². The van der Waals surface area contributed by atoms with Gasteiger partial charge in [-0.1, -0.05) is 11.8 Å². The van der Waals surface area contributed by atoms with E-state index in [4.69, 9.17) is 5.11 Å². The predicted molar refractivity (Wildman–Crippen MR) is 81.3 cm³/mol. The molecule has 1 rings (SSSR count). The van der Waals surface area contributed by atoms with Gasteiger partial charge in [-0.25, -0.2) is 0 Å². The smallest absolute Gasteiger partial charge is 0.313 e. The number of hydrogen-bond donors (Lipinski definition) is 2. The lowest BCUT2D eigenvalue weighted by atomic mass is 10.2. The van der Waals surface area contributed by atoms with Crippen LogP contribution in [-0.4, -0.2) is 61.2 Å². The number of aliphatic hydroxyl groups is 1. The van der Waals surface area contributed by atoms with Gasteiger partial charge in [-0.05, 0) is 40.3 Å². The summed E-state index contributed by atoms with van der Waals surface area (Å²) in [7, 11) is 2.09. The fraction of sp³-hybridized carbons (Fsp3) is 0.769. The third-order valence-electron chi connectivity index (χ3n) is 3.28. The van der Waals surface area contributed by atoms with Crippen LogP contribution >= 0.6 is 11.8 Å². The van der Waals surface area contributed by atoms with Gasteiger partial charge in [0.1, 0.15) is 6.61 Å². The van der Waals surface area contributed by atoms with E-state index in [0.717, 1.165) is 31.1 Å². The van der Waals surface area contributed by atoms with Crippen LogP contribution in [0.3, 0.4) is 0 Å². The number of aliphatic carboxylic acids is 1. The molecule has 0 bridgehead atoms. The molecule has 0 saturated carbocycles. The van der Waals surface area contributed by atoms with Crippen LogP contribution in [0.2, 0.25) is 0 Å². The minimum absolute atomic E-state index is 0.0559. The van der Waals surface area contributed by atoms with E-state index in [-0.39, 0.29) is 12.4 Å². The summed E-state index contributed by atoms with van der Waals surface area (Å²) in [5.41, 5.74) is 0. The number of aliphatic hydroxyl groups excluding tert-OH is 1. The van der Waals surface area contributed by atoms with Gasteiger partial charge < -0.3 is 19.7 Å². The molecule has 0 amide bonds. The highest BCUT2D eigenvalue weighted by molar-refractivity contribution is 7.99. The van der Waals surface area contributed by atoms with Crippen LogP contribution in [0.15, 0.2) is 5.16 Å². The van der Waals surface area contributed by atoms with Crippen LogP contribution in [-0.2, 0) is 17.9 Å². The first-order valence-electron chi connectivity index (χ1n) is 7.03. The molecular weight excluding hydrogens is 292 g/mol. The Morgan fingerprint density at radius 2 is 2.10 bits per heavy atom. The van der Waals surface area contributed by atoms with Crippen molar-refractivity contribution in [3.63, 3.8) is 0 Å². The van der Waals surface area contributed by atoms with E-state index < -0.39 is 5.97 Å². The lowest BCUT2D eigenvalue weighted by molar-refractivity contribution is -0.133. The summed E-state index contributed by atoms with van der Waals surface area (Å²) in [5, 5.41) is 26.4. The molecule has 8 heteroatoms. The standard InChI is InChI=1S/C13H24N4O3S/c1-10(2)16(3)6-4-5-7-17-11(8-18)14-15-13(17)21-9-12(19)20/h10,18H,4-9H2,1-3H3,(H,19,20). The van der Waals surface area contributed by atoms with Gasteiger partial charge in [0.15, 0.2) is 11.0 Å². The number of carboxylic acids is 1. The number of nitrogens with zero attached hydrogens (tertiary/aromatic N) is 4. The molecule has 120 valence electrons. The van der Waals surface area contributed by atoms with E-state index in [1.165, 1.54) is 0 Å². The maximum absolute atomic E-state index is 10.6. The number of rotatable bonds is 10. The molecule has 0 radical (unpaired) electrons. The normalized spacial score (nSPS) is 11.5. The number of unbranched alkanes of at least 4 members (excludes halogenated alkanes) is 1. The van der Waals surface area contributed by atoms with Crippen molar-refractivity contribution in [3.05, 3.63) is 5.82 Å². The highest BCUT2D eigenvalue weighted by Crippen LogP contribution is 2.17. The molecule has 7 nitrogen and oxygen atoms in total. The highest BCUT2D eigenvalue weighted by atomic mass is 32.2. The summed E-state index contributed by atoms with van der Waals surface area (Å²) in [5.74, 6) is -0.460. The van der Waals surface area contributed by atoms with Gasteiger partial charge >= 0.3 is 5.97 Å². The largest absolute Gasteiger partial charge is 0.481 e. The summed E-state index contributed by atoms with van der Waals surface area (Å²) in [6, 6.07) is 0.523. The van der Waals surface area contributed by atoms with E-state index >= 15 is 0 Å². The summed E-state index contributed by atoms with van der Waals surface area (Å²) < 4.78 is 1.81. The first kappa shape index (κ1) is 17.9. The van der Waals surface area contributed by atoms with Crippen molar-refractivity contribution >= 4 is 17.7 Å². The Bertz CT molecular complexity index is 451. The molecule has 0 fully saturated rings. The molecular formula is C13H24N4O3S. The van der Waals surface area contributed by atoms with Crippen molar-refractivity contribution in [1.82, 2.24) is 19.7 Å². The van der Waals surface area contributed by atoms with E-state index in [1.54, 1.807) is 0 Å². The average Bonchev–Trinajstić information content (AvgIpc) is 2.82. The van der Waals surface area contributed by atoms with Crippen LogP contribution in [0.25, 0.3) is 0 Å². The highest BCUT2D eigenvalue weighted by Gasteiger charge is 2.13. The molecule has 2 N–H and O–H groups in total. The molecule has 0 spiro atoms. The van der Waals surface area contributed by atoms with Gasteiger partial charge in [-0.3, -0.25) is 4.79 Å². The van der Waals surface area contributed by atoms with Crippen LogP contribution in [0.4, 0.5) is 0 Å². The topological polar surface area (TPSA) is 91.5 Å². The molecule has 0 aromatic carbocycles.